The van der Waals surface area contributed by atoms with Crippen molar-refractivity contribution >= 4 is 23.4 Å². The van der Waals surface area contributed by atoms with E-state index in [1.54, 1.807) is 13.1 Å². The van der Waals surface area contributed by atoms with Crippen LogP contribution in [0, 0.1) is 5.82 Å². The van der Waals surface area contributed by atoms with Crippen molar-refractivity contribution in [2.75, 3.05) is 11.9 Å². The number of halogens is 2. The number of nitrogens with zero attached hydrogens (tertiary/aromatic N) is 1. The molecular weight excluding hydrogens is 345 g/mol. The molecule has 0 fully saturated rings. The van der Waals surface area contributed by atoms with Crippen molar-refractivity contribution in [1.82, 2.24) is 0 Å². The molecule has 0 aromatic heterocycles. The quantitative estimate of drug-likeness (QED) is 0.681. The summed E-state index contributed by atoms with van der Waals surface area (Å²) in [7, 11) is 1.68. The van der Waals surface area contributed by atoms with Gasteiger partial charge in [-0.15, -0.1) is 0 Å². The largest absolute Gasteiger partial charge is 0.457 e. The lowest BCUT2D eigenvalue weighted by atomic mass is 9.85. The van der Waals surface area contributed by atoms with Gasteiger partial charge in [0.25, 0.3) is 0 Å². The maximum absolute atomic E-state index is 13.3. The Hall–Kier alpha value is -2.27. The summed E-state index contributed by atoms with van der Waals surface area (Å²) in [5.41, 5.74) is 1.01. The van der Waals surface area contributed by atoms with Crippen LogP contribution in [-0.2, 0) is 10.3 Å². The molecular formula is C19H19ClFNO3. The number of cyclic esters (lactones) is 1. The fourth-order valence-corrected chi connectivity index (χ4v) is 3.25. The molecule has 0 radical (unpaired) electrons. The van der Waals surface area contributed by atoms with E-state index < -0.39 is 11.4 Å². The molecule has 0 N–H and O–H groups in total. The second kappa shape index (κ2) is 6.56. The SMILES string of the molecule is CCC1(CC)OC(=O)N(C)c2ccc(Oc3ccc(F)c(Cl)c3)cc21. The second-order valence-corrected chi connectivity index (χ2v) is 6.39. The van der Waals surface area contributed by atoms with Gasteiger partial charge < -0.3 is 9.47 Å². The van der Waals surface area contributed by atoms with Gasteiger partial charge in [-0.05, 0) is 43.2 Å². The second-order valence-electron chi connectivity index (χ2n) is 5.99. The fourth-order valence-electron chi connectivity index (χ4n) is 3.08. The van der Waals surface area contributed by atoms with Gasteiger partial charge in [0, 0.05) is 18.7 Å². The first-order chi connectivity index (χ1) is 11.9. The van der Waals surface area contributed by atoms with E-state index in [9.17, 15) is 9.18 Å². The summed E-state index contributed by atoms with van der Waals surface area (Å²) in [6.07, 6.45) is 0.944. The number of carbonyl (C=O) groups excluding carboxylic acids is 1. The van der Waals surface area contributed by atoms with Crippen LogP contribution >= 0.6 is 11.6 Å². The van der Waals surface area contributed by atoms with Gasteiger partial charge in [-0.2, -0.15) is 0 Å². The first-order valence-electron chi connectivity index (χ1n) is 8.14. The van der Waals surface area contributed by atoms with Crippen LogP contribution in [0.3, 0.4) is 0 Å². The minimum absolute atomic E-state index is 0.000543. The number of fused-ring (bicyclic) bond motifs is 1. The van der Waals surface area contributed by atoms with Crippen molar-refractivity contribution < 1.29 is 18.7 Å². The molecule has 0 spiro atoms. The molecule has 1 aliphatic rings. The molecule has 2 aromatic carbocycles. The Morgan fingerprint density at radius 3 is 2.44 bits per heavy atom. The average Bonchev–Trinajstić information content (AvgIpc) is 2.61. The lowest BCUT2D eigenvalue weighted by Crippen LogP contribution is -2.43. The van der Waals surface area contributed by atoms with Crippen LogP contribution in [0.25, 0.3) is 0 Å². The van der Waals surface area contributed by atoms with Crippen LogP contribution in [0.5, 0.6) is 11.5 Å². The summed E-state index contributed by atoms with van der Waals surface area (Å²) in [5.74, 6) is 0.508. The van der Waals surface area contributed by atoms with Gasteiger partial charge in [0.15, 0.2) is 0 Å². The van der Waals surface area contributed by atoms with Gasteiger partial charge in [-0.25, -0.2) is 9.18 Å². The highest BCUT2D eigenvalue weighted by Crippen LogP contribution is 2.45. The summed E-state index contributed by atoms with van der Waals surface area (Å²) in [5, 5.41) is 0.000543. The highest BCUT2D eigenvalue weighted by atomic mass is 35.5. The summed E-state index contributed by atoms with van der Waals surface area (Å²) < 4.78 is 24.8. The summed E-state index contributed by atoms with van der Waals surface area (Å²) >= 11 is 5.80. The van der Waals surface area contributed by atoms with E-state index in [0.29, 0.717) is 24.3 Å². The van der Waals surface area contributed by atoms with Crippen LogP contribution in [0.15, 0.2) is 36.4 Å². The number of rotatable bonds is 4. The number of benzene rings is 2. The predicted octanol–water partition coefficient (Wildman–Crippen LogP) is 5.87. The average molecular weight is 364 g/mol. The number of amides is 1. The Bertz CT molecular complexity index is 820. The third kappa shape index (κ3) is 3.04. The number of carbonyl (C=O) groups is 1. The monoisotopic (exact) mass is 363 g/mol. The molecule has 6 heteroatoms. The Morgan fingerprint density at radius 2 is 1.80 bits per heavy atom. The van der Waals surface area contributed by atoms with Gasteiger partial charge in [0.05, 0.1) is 10.7 Å². The Balaban J connectivity index is 2.02. The minimum Gasteiger partial charge on any atom is -0.457 e. The molecule has 1 aliphatic heterocycles. The molecule has 0 atom stereocenters. The molecule has 0 saturated carbocycles. The topological polar surface area (TPSA) is 38.8 Å². The van der Waals surface area contributed by atoms with Crippen molar-refractivity contribution in [1.29, 1.82) is 0 Å². The van der Waals surface area contributed by atoms with Crippen molar-refractivity contribution in [3.8, 4) is 11.5 Å². The molecule has 3 rings (SSSR count). The van der Waals surface area contributed by atoms with E-state index in [-0.39, 0.29) is 11.1 Å². The third-order valence-electron chi connectivity index (χ3n) is 4.65. The van der Waals surface area contributed by atoms with E-state index in [1.807, 2.05) is 26.0 Å². The zero-order valence-corrected chi connectivity index (χ0v) is 15.1. The molecule has 1 amide bonds. The third-order valence-corrected chi connectivity index (χ3v) is 4.94. The van der Waals surface area contributed by atoms with Gasteiger partial charge in [-0.3, -0.25) is 4.90 Å². The molecule has 4 nitrogen and oxygen atoms in total. The van der Waals surface area contributed by atoms with Crippen LogP contribution in [-0.4, -0.2) is 13.1 Å². The van der Waals surface area contributed by atoms with Crippen LogP contribution in [0.4, 0.5) is 14.9 Å². The highest BCUT2D eigenvalue weighted by Gasteiger charge is 2.41. The van der Waals surface area contributed by atoms with Crippen molar-refractivity contribution in [2.45, 2.75) is 32.3 Å². The molecule has 0 unspecified atom stereocenters. The fraction of sp³-hybridized carbons (Fsp3) is 0.316. The van der Waals surface area contributed by atoms with Crippen LogP contribution in [0.2, 0.25) is 5.02 Å². The minimum atomic E-state index is -0.682. The first-order valence-corrected chi connectivity index (χ1v) is 8.52. The van der Waals surface area contributed by atoms with E-state index in [1.165, 1.54) is 23.1 Å². The van der Waals surface area contributed by atoms with Gasteiger partial charge in [-0.1, -0.05) is 25.4 Å². The van der Waals surface area contributed by atoms with Gasteiger partial charge in [0.1, 0.15) is 22.9 Å². The number of anilines is 1. The maximum Gasteiger partial charge on any atom is 0.414 e. The first kappa shape index (κ1) is 17.5. The standard InChI is InChI=1S/C19H19ClFNO3/c1-4-19(5-2)14-10-12(7-9-17(14)22(3)18(23)25-19)24-13-6-8-16(21)15(20)11-13/h6-11H,4-5H2,1-3H3. The van der Waals surface area contributed by atoms with E-state index in [2.05, 4.69) is 0 Å². The van der Waals surface area contributed by atoms with E-state index in [4.69, 9.17) is 21.1 Å². The van der Waals surface area contributed by atoms with Gasteiger partial charge >= 0.3 is 6.09 Å². The Labute approximate surface area is 151 Å². The summed E-state index contributed by atoms with van der Waals surface area (Å²) in [4.78, 5) is 13.6. The van der Waals surface area contributed by atoms with Crippen LogP contribution < -0.4 is 9.64 Å². The summed E-state index contributed by atoms with van der Waals surface area (Å²) in [6, 6.07) is 9.66. The zero-order valence-electron chi connectivity index (χ0n) is 14.3. The highest BCUT2D eigenvalue weighted by molar-refractivity contribution is 6.30. The van der Waals surface area contributed by atoms with Crippen LogP contribution in [0.1, 0.15) is 32.3 Å². The van der Waals surface area contributed by atoms with E-state index >= 15 is 0 Å². The van der Waals surface area contributed by atoms with E-state index in [0.717, 1.165) is 11.3 Å². The van der Waals surface area contributed by atoms with Crippen molar-refractivity contribution in [2.24, 2.45) is 0 Å². The van der Waals surface area contributed by atoms with Crippen molar-refractivity contribution in [3.63, 3.8) is 0 Å². The molecule has 0 aliphatic carbocycles. The number of hydrogen-bond acceptors (Lipinski definition) is 3. The zero-order chi connectivity index (χ0) is 18.2. The van der Waals surface area contributed by atoms with Crippen molar-refractivity contribution in [3.05, 3.63) is 52.8 Å². The smallest absolute Gasteiger partial charge is 0.414 e. The maximum atomic E-state index is 13.3. The Morgan fingerprint density at radius 1 is 1.16 bits per heavy atom. The Kier molecular flexibility index (Phi) is 4.60. The number of hydrogen-bond donors (Lipinski definition) is 0. The molecule has 25 heavy (non-hydrogen) atoms. The predicted molar refractivity (Wildman–Crippen MR) is 95.1 cm³/mol. The molecule has 0 saturated heterocycles. The normalized spacial score (nSPS) is 15.6. The lowest BCUT2D eigenvalue weighted by Gasteiger charge is -2.40. The number of ether oxygens (including phenoxy) is 2. The summed E-state index contributed by atoms with van der Waals surface area (Å²) in [6.45, 7) is 3.97. The molecule has 0 bridgehead atoms. The molecule has 1 heterocycles. The molecule has 2 aromatic rings. The van der Waals surface area contributed by atoms with Gasteiger partial charge in [0.2, 0.25) is 0 Å². The lowest BCUT2D eigenvalue weighted by molar-refractivity contribution is -0.000361. The molecule has 132 valence electrons.